The first-order valence-corrected chi connectivity index (χ1v) is 9.88. The van der Waals surface area contributed by atoms with Crippen molar-refractivity contribution in [1.82, 2.24) is 4.57 Å². The first-order chi connectivity index (χ1) is 15.4. The number of carbonyl (C=O) groups is 2. The van der Waals surface area contributed by atoms with Crippen molar-refractivity contribution in [3.05, 3.63) is 39.7 Å². The molecule has 0 saturated carbocycles. The Morgan fingerprint density at radius 1 is 1.21 bits per heavy atom. The highest BCUT2D eigenvalue weighted by molar-refractivity contribution is 6.00. The van der Waals surface area contributed by atoms with Crippen LogP contribution >= 0.6 is 0 Å². The lowest BCUT2D eigenvalue weighted by molar-refractivity contribution is -0.193. The number of nitrogens with two attached hydrogens (primary N) is 1. The standard InChI is InChI=1S/C20H18F5N3O5/c1-8-3-27(5-13(8)26)16-12(21)2-10-15(14(16)22)28(9-6-32-7-9)4-11(17(10)29)18(30)33-19(31)20(23,24)25/h2,4,8-9,13H,3,5-7,26H2,1H3. The van der Waals surface area contributed by atoms with Crippen LogP contribution < -0.4 is 16.1 Å². The molecule has 2 aromatic rings. The summed E-state index contributed by atoms with van der Waals surface area (Å²) in [6, 6.07) is -0.209. The van der Waals surface area contributed by atoms with Gasteiger partial charge >= 0.3 is 18.1 Å². The van der Waals surface area contributed by atoms with Crippen molar-refractivity contribution in [3.63, 3.8) is 0 Å². The SMILES string of the molecule is CC1CN(c2c(F)cc3c(=O)c(C(=O)OC(=O)C(F)(F)F)cn(C4COC4)c3c2F)CC1N. The van der Waals surface area contributed by atoms with Gasteiger partial charge in [0.2, 0.25) is 5.43 Å². The topological polar surface area (TPSA) is 104 Å². The number of hydrogen-bond acceptors (Lipinski definition) is 7. The summed E-state index contributed by atoms with van der Waals surface area (Å²) in [4.78, 5) is 37.4. The zero-order valence-corrected chi connectivity index (χ0v) is 17.1. The van der Waals surface area contributed by atoms with Gasteiger partial charge in [0.15, 0.2) is 5.82 Å². The Morgan fingerprint density at radius 3 is 2.39 bits per heavy atom. The predicted octanol–water partition coefficient (Wildman–Crippen LogP) is 1.88. The van der Waals surface area contributed by atoms with Gasteiger partial charge < -0.3 is 24.7 Å². The summed E-state index contributed by atoms with van der Waals surface area (Å²) in [6.45, 7) is 2.35. The van der Waals surface area contributed by atoms with E-state index in [9.17, 15) is 31.9 Å². The summed E-state index contributed by atoms with van der Waals surface area (Å²) >= 11 is 0. The number of benzene rings is 1. The molecule has 0 bridgehead atoms. The van der Waals surface area contributed by atoms with Gasteiger partial charge in [0, 0.05) is 25.3 Å². The molecule has 2 unspecified atom stereocenters. The Kier molecular flexibility index (Phi) is 5.65. The number of nitrogens with zero attached hydrogens (tertiary/aromatic N) is 2. The van der Waals surface area contributed by atoms with Gasteiger partial charge in [-0.05, 0) is 12.0 Å². The van der Waals surface area contributed by atoms with Crippen molar-refractivity contribution in [1.29, 1.82) is 0 Å². The fourth-order valence-electron chi connectivity index (χ4n) is 3.91. The number of anilines is 1. The minimum absolute atomic E-state index is 0.0473. The van der Waals surface area contributed by atoms with Crippen molar-refractivity contribution in [2.24, 2.45) is 11.7 Å². The molecule has 2 saturated heterocycles. The molecule has 0 amide bonds. The van der Waals surface area contributed by atoms with Gasteiger partial charge in [0.05, 0.1) is 30.2 Å². The second-order valence-electron chi connectivity index (χ2n) is 8.11. The maximum atomic E-state index is 15.7. The van der Waals surface area contributed by atoms with E-state index in [1.165, 1.54) is 4.90 Å². The highest BCUT2D eigenvalue weighted by Gasteiger charge is 2.43. The predicted molar refractivity (Wildman–Crippen MR) is 104 cm³/mol. The van der Waals surface area contributed by atoms with Gasteiger partial charge in [0.1, 0.15) is 17.1 Å². The highest BCUT2D eigenvalue weighted by atomic mass is 19.4. The van der Waals surface area contributed by atoms with Crippen LogP contribution in [0.25, 0.3) is 10.9 Å². The monoisotopic (exact) mass is 475 g/mol. The molecule has 178 valence electrons. The highest BCUT2D eigenvalue weighted by Crippen LogP contribution is 2.35. The van der Waals surface area contributed by atoms with Crippen LogP contribution in [0, 0.1) is 17.6 Å². The molecule has 2 fully saturated rings. The average molecular weight is 475 g/mol. The smallest absolute Gasteiger partial charge is 0.382 e. The average Bonchev–Trinajstić information content (AvgIpc) is 2.99. The molecule has 2 N–H and O–H groups in total. The van der Waals surface area contributed by atoms with Crippen molar-refractivity contribution in [3.8, 4) is 0 Å². The van der Waals surface area contributed by atoms with Crippen LogP contribution in [0.15, 0.2) is 17.1 Å². The van der Waals surface area contributed by atoms with Gasteiger partial charge in [0.25, 0.3) is 0 Å². The van der Waals surface area contributed by atoms with Crippen LogP contribution in [0.5, 0.6) is 0 Å². The summed E-state index contributed by atoms with van der Waals surface area (Å²) in [6.07, 6.45) is -4.68. The maximum Gasteiger partial charge on any atom is 0.491 e. The molecule has 2 atom stereocenters. The van der Waals surface area contributed by atoms with E-state index in [1.807, 2.05) is 6.92 Å². The Balaban J connectivity index is 1.88. The molecule has 3 heterocycles. The number of esters is 2. The van der Waals surface area contributed by atoms with Gasteiger partial charge in [-0.1, -0.05) is 6.92 Å². The van der Waals surface area contributed by atoms with Crippen LogP contribution in [0.3, 0.4) is 0 Å². The van der Waals surface area contributed by atoms with E-state index in [1.54, 1.807) is 0 Å². The number of pyridine rings is 1. The minimum atomic E-state index is -5.48. The number of hydrogen-bond donors (Lipinski definition) is 1. The lowest BCUT2D eigenvalue weighted by Gasteiger charge is -2.31. The van der Waals surface area contributed by atoms with E-state index in [4.69, 9.17) is 10.5 Å². The van der Waals surface area contributed by atoms with Crippen LogP contribution in [-0.2, 0) is 14.3 Å². The minimum Gasteiger partial charge on any atom is -0.382 e. The fourth-order valence-corrected chi connectivity index (χ4v) is 3.91. The van der Waals surface area contributed by atoms with Gasteiger partial charge in [-0.2, -0.15) is 13.2 Å². The Morgan fingerprint density at radius 2 is 1.88 bits per heavy atom. The molecule has 13 heteroatoms. The third-order valence-electron chi connectivity index (χ3n) is 5.82. The van der Waals surface area contributed by atoms with Gasteiger partial charge in [-0.25, -0.2) is 18.4 Å². The molecule has 1 aromatic carbocycles. The van der Waals surface area contributed by atoms with Crippen molar-refractivity contribution in [2.45, 2.75) is 25.2 Å². The summed E-state index contributed by atoms with van der Waals surface area (Å²) in [5.41, 5.74) is 2.95. The molecule has 4 rings (SSSR count). The van der Waals surface area contributed by atoms with Crippen molar-refractivity contribution < 1.29 is 41.0 Å². The first-order valence-electron chi connectivity index (χ1n) is 9.88. The molecule has 2 aliphatic rings. The number of alkyl halides is 3. The lowest BCUT2D eigenvalue weighted by atomic mass is 10.1. The molecule has 1 aromatic heterocycles. The molecule has 0 radical (unpaired) electrons. The summed E-state index contributed by atoms with van der Waals surface area (Å²) in [7, 11) is 0. The summed E-state index contributed by atoms with van der Waals surface area (Å²) in [5.74, 6) is -6.95. The Hall–Kier alpha value is -3.06. The molecule has 8 nitrogen and oxygen atoms in total. The molecule has 0 spiro atoms. The number of ether oxygens (including phenoxy) is 2. The molecule has 33 heavy (non-hydrogen) atoms. The summed E-state index contributed by atoms with van der Waals surface area (Å²) < 4.78 is 78.0. The third-order valence-corrected chi connectivity index (χ3v) is 5.82. The van der Waals surface area contributed by atoms with E-state index < -0.39 is 57.9 Å². The molecular weight excluding hydrogens is 457 g/mol. The fraction of sp³-hybridized carbons (Fsp3) is 0.450. The quantitative estimate of drug-likeness (QED) is 0.411. The van der Waals surface area contributed by atoms with Crippen LogP contribution in [0.2, 0.25) is 0 Å². The Labute approximate surface area is 182 Å². The van der Waals surface area contributed by atoms with Crippen molar-refractivity contribution in [2.75, 3.05) is 31.2 Å². The molecule has 0 aliphatic carbocycles. The zero-order chi connectivity index (χ0) is 24.2. The van der Waals surface area contributed by atoms with Gasteiger partial charge in [-0.15, -0.1) is 0 Å². The van der Waals surface area contributed by atoms with Crippen molar-refractivity contribution >= 4 is 28.5 Å². The third kappa shape index (κ3) is 3.95. The largest absolute Gasteiger partial charge is 0.491 e. The van der Waals surface area contributed by atoms with E-state index in [0.717, 1.165) is 10.8 Å². The van der Waals surface area contributed by atoms with E-state index in [2.05, 4.69) is 4.74 Å². The number of carbonyl (C=O) groups excluding carboxylic acids is 2. The molecular formula is C20H18F5N3O5. The lowest BCUT2D eigenvalue weighted by Crippen LogP contribution is -2.35. The maximum absolute atomic E-state index is 15.7. The Bertz CT molecular complexity index is 1200. The van der Waals surface area contributed by atoms with Crippen LogP contribution in [0.4, 0.5) is 27.6 Å². The number of aromatic nitrogens is 1. The number of rotatable bonds is 3. The summed E-state index contributed by atoms with van der Waals surface area (Å²) in [5, 5.41) is -0.592. The van der Waals surface area contributed by atoms with Crippen LogP contribution in [-0.4, -0.2) is 55.0 Å². The molecule has 2 aliphatic heterocycles. The first kappa shape index (κ1) is 23.1. The second kappa shape index (κ2) is 8.06. The van der Waals surface area contributed by atoms with Crippen LogP contribution in [0.1, 0.15) is 23.3 Å². The second-order valence-corrected chi connectivity index (χ2v) is 8.11. The van der Waals surface area contributed by atoms with Gasteiger partial charge in [-0.3, -0.25) is 4.79 Å². The zero-order valence-electron chi connectivity index (χ0n) is 17.1. The normalized spacial score (nSPS) is 21.4. The van der Waals surface area contributed by atoms with E-state index in [-0.39, 0.29) is 43.8 Å². The van der Waals surface area contributed by atoms with E-state index >= 15 is 4.39 Å². The number of halogens is 5. The number of fused-ring (bicyclic) bond motifs is 1. The van der Waals surface area contributed by atoms with E-state index in [0.29, 0.717) is 6.07 Å².